The molecule has 1 aromatic heterocycles. The maximum atomic E-state index is 9.32. The van der Waals surface area contributed by atoms with Crippen LogP contribution in [0.25, 0.3) is 17.0 Å². The van der Waals surface area contributed by atoms with Crippen LogP contribution in [-0.4, -0.2) is 0 Å². The summed E-state index contributed by atoms with van der Waals surface area (Å²) in [6.07, 6.45) is 4.07. The third kappa shape index (κ3) is 1.14. The topological polar surface area (TPSA) is 60.7 Å². The van der Waals surface area contributed by atoms with Gasteiger partial charge in [0.25, 0.3) is 0 Å². The lowest BCUT2D eigenvalue weighted by molar-refractivity contribution is 0.578. The number of benzene rings is 1. The van der Waals surface area contributed by atoms with Crippen LogP contribution in [0.1, 0.15) is 17.7 Å². The molecule has 80 valence electrons. The molecule has 0 unspecified atom stereocenters. The number of hydrogen-bond donors (Lipinski definition) is 0. The molecule has 0 saturated carbocycles. The largest absolute Gasteiger partial charge is 0.456 e. The molecule has 3 rings (SSSR count). The van der Waals surface area contributed by atoms with Crippen molar-refractivity contribution in [2.75, 3.05) is 0 Å². The van der Waals surface area contributed by atoms with Gasteiger partial charge in [-0.25, -0.2) is 0 Å². The summed E-state index contributed by atoms with van der Waals surface area (Å²) < 4.78 is 5.66. The lowest BCUT2D eigenvalue weighted by Gasteiger charge is -2.19. The maximum absolute atomic E-state index is 9.32. The van der Waals surface area contributed by atoms with Crippen molar-refractivity contribution in [3.05, 3.63) is 41.7 Å². The van der Waals surface area contributed by atoms with Gasteiger partial charge >= 0.3 is 0 Å². The van der Waals surface area contributed by atoms with E-state index in [1.54, 1.807) is 0 Å². The summed E-state index contributed by atoms with van der Waals surface area (Å²) in [5.74, 6) is 0.626. The SMILES string of the molecule is N#CC1(C#N)CC=Cc2oc3ccccc3c21. The smallest absolute Gasteiger partial charge is 0.176 e. The molecule has 0 saturated heterocycles. The van der Waals surface area contributed by atoms with Crippen molar-refractivity contribution in [1.29, 1.82) is 10.5 Å². The Balaban J connectivity index is 2.45. The molecule has 3 heteroatoms. The molecular formula is C14H8N2O. The predicted octanol–water partition coefficient (Wildman–Crippen LogP) is 3.13. The zero-order valence-electron chi connectivity index (χ0n) is 8.97. The number of furan rings is 1. The van der Waals surface area contributed by atoms with Crippen LogP contribution in [0.2, 0.25) is 0 Å². The molecule has 1 aromatic carbocycles. The van der Waals surface area contributed by atoms with Crippen LogP contribution in [0.3, 0.4) is 0 Å². The van der Waals surface area contributed by atoms with Crippen molar-refractivity contribution < 1.29 is 4.42 Å². The van der Waals surface area contributed by atoms with Gasteiger partial charge in [0.1, 0.15) is 11.3 Å². The molecule has 1 aliphatic carbocycles. The summed E-state index contributed by atoms with van der Waals surface area (Å²) in [7, 11) is 0. The second-order valence-corrected chi connectivity index (χ2v) is 4.07. The first-order valence-electron chi connectivity index (χ1n) is 5.32. The summed E-state index contributed by atoms with van der Waals surface area (Å²) in [6.45, 7) is 0. The molecule has 0 spiro atoms. The zero-order chi connectivity index (χ0) is 11.9. The maximum Gasteiger partial charge on any atom is 0.176 e. The van der Waals surface area contributed by atoms with E-state index in [1.807, 2.05) is 36.4 Å². The molecule has 2 aromatic rings. The number of allylic oxidation sites excluding steroid dienone is 1. The fourth-order valence-electron chi connectivity index (χ4n) is 2.29. The molecule has 0 fully saturated rings. The van der Waals surface area contributed by atoms with Gasteiger partial charge in [-0.3, -0.25) is 0 Å². The van der Waals surface area contributed by atoms with Gasteiger partial charge in [-0.2, -0.15) is 10.5 Å². The van der Waals surface area contributed by atoms with Crippen molar-refractivity contribution in [3.63, 3.8) is 0 Å². The third-order valence-electron chi connectivity index (χ3n) is 3.12. The van der Waals surface area contributed by atoms with Crippen LogP contribution in [0.4, 0.5) is 0 Å². The lowest BCUT2D eigenvalue weighted by atomic mass is 9.76. The normalized spacial score (nSPS) is 16.1. The van der Waals surface area contributed by atoms with E-state index >= 15 is 0 Å². The fraction of sp³-hybridized carbons (Fsp3) is 0.143. The summed E-state index contributed by atoms with van der Waals surface area (Å²) >= 11 is 0. The van der Waals surface area contributed by atoms with Gasteiger partial charge in [0.2, 0.25) is 0 Å². The minimum Gasteiger partial charge on any atom is -0.456 e. The van der Waals surface area contributed by atoms with Crippen LogP contribution in [0.5, 0.6) is 0 Å². The van der Waals surface area contributed by atoms with E-state index in [9.17, 15) is 10.5 Å². The highest BCUT2D eigenvalue weighted by Crippen LogP contribution is 2.41. The predicted molar refractivity (Wildman–Crippen MR) is 62.8 cm³/mol. The third-order valence-corrected chi connectivity index (χ3v) is 3.12. The Morgan fingerprint density at radius 2 is 1.94 bits per heavy atom. The molecule has 0 atom stereocenters. The first-order valence-corrected chi connectivity index (χ1v) is 5.32. The number of fused-ring (bicyclic) bond motifs is 3. The molecular weight excluding hydrogens is 212 g/mol. The fourth-order valence-corrected chi connectivity index (χ4v) is 2.29. The van der Waals surface area contributed by atoms with Gasteiger partial charge in [-0.05, 0) is 12.1 Å². The molecule has 0 aliphatic heterocycles. The first-order chi connectivity index (χ1) is 8.30. The monoisotopic (exact) mass is 220 g/mol. The minimum atomic E-state index is -1.11. The summed E-state index contributed by atoms with van der Waals surface area (Å²) in [6, 6.07) is 11.8. The van der Waals surface area contributed by atoms with Gasteiger partial charge in [-0.15, -0.1) is 0 Å². The van der Waals surface area contributed by atoms with Crippen molar-refractivity contribution >= 4 is 17.0 Å². The highest BCUT2D eigenvalue weighted by atomic mass is 16.3. The van der Waals surface area contributed by atoms with Crippen LogP contribution in [0, 0.1) is 22.7 Å². The van der Waals surface area contributed by atoms with Gasteiger partial charge in [0, 0.05) is 17.4 Å². The second kappa shape index (κ2) is 3.23. The van der Waals surface area contributed by atoms with Crippen molar-refractivity contribution in [2.24, 2.45) is 0 Å². The quantitative estimate of drug-likeness (QED) is 0.685. The van der Waals surface area contributed by atoms with E-state index in [1.165, 1.54) is 0 Å². The zero-order valence-corrected chi connectivity index (χ0v) is 8.97. The molecule has 1 heterocycles. The van der Waals surface area contributed by atoms with Crippen molar-refractivity contribution in [2.45, 2.75) is 11.8 Å². The van der Waals surface area contributed by atoms with Crippen LogP contribution < -0.4 is 0 Å². The van der Waals surface area contributed by atoms with Crippen LogP contribution >= 0.6 is 0 Å². The highest BCUT2D eigenvalue weighted by molar-refractivity contribution is 5.88. The summed E-state index contributed by atoms with van der Waals surface area (Å²) in [5.41, 5.74) is 0.316. The van der Waals surface area contributed by atoms with Crippen molar-refractivity contribution in [1.82, 2.24) is 0 Å². The van der Waals surface area contributed by atoms with E-state index in [2.05, 4.69) is 12.1 Å². The minimum absolute atomic E-state index is 0.413. The number of rotatable bonds is 0. The number of nitrogens with zero attached hydrogens (tertiary/aromatic N) is 2. The number of hydrogen-bond acceptors (Lipinski definition) is 3. The summed E-state index contributed by atoms with van der Waals surface area (Å²) in [5, 5.41) is 19.5. The molecule has 1 aliphatic rings. The van der Waals surface area contributed by atoms with E-state index < -0.39 is 5.41 Å². The Morgan fingerprint density at radius 1 is 1.18 bits per heavy atom. The molecule has 0 bridgehead atoms. The van der Waals surface area contributed by atoms with Crippen molar-refractivity contribution in [3.8, 4) is 12.1 Å². The van der Waals surface area contributed by atoms with Crippen LogP contribution in [0.15, 0.2) is 34.8 Å². The molecule has 0 radical (unpaired) electrons. The van der Waals surface area contributed by atoms with E-state index in [-0.39, 0.29) is 0 Å². The molecule has 0 amide bonds. The Bertz CT molecular complexity index is 696. The first kappa shape index (κ1) is 9.69. The average Bonchev–Trinajstić information content (AvgIpc) is 2.77. The average molecular weight is 220 g/mol. The number of nitriles is 2. The second-order valence-electron chi connectivity index (χ2n) is 4.07. The van der Waals surface area contributed by atoms with E-state index in [4.69, 9.17) is 4.42 Å². The highest BCUT2D eigenvalue weighted by Gasteiger charge is 2.39. The standard InChI is InChI=1S/C14H8N2O/c15-8-14(9-16)7-3-6-12-13(14)10-4-1-2-5-11(10)17-12/h1-6H,7H2. The van der Waals surface area contributed by atoms with E-state index in [0.29, 0.717) is 17.7 Å². The van der Waals surface area contributed by atoms with E-state index in [0.717, 1.165) is 11.0 Å². The molecule has 0 N–H and O–H groups in total. The van der Waals surface area contributed by atoms with Gasteiger partial charge < -0.3 is 4.42 Å². The van der Waals surface area contributed by atoms with Gasteiger partial charge in [0.05, 0.1) is 12.1 Å². The Morgan fingerprint density at radius 3 is 2.71 bits per heavy atom. The molecule has 17 heavy (non-hydrogen) atoms. The number of para-hydroxylation sites is 1. The Labute approximate surface area is 98.2 Å². The Kier molecular flexibility index (Phi) is 1.84. The van der Waals surface area contributed by atoms with Crippen LogP contribution in [-0.2, 0) is 5.41 Å². The summed E-state index contributed by atoms with van der Waals surface area (Å²) in [4.78, 5) is 0. The Hall–Kier alpha value is -2.52. The lowest BCUT2D eigenvalue weighted by Crippen LogP contribution is -2.23. The molecule has 3 nitrogen and oxygen atoms in total. The van der Waals surface area contributed by atoms with Gasteiger partial charge in [-0.1, -0.05) is 24.3 Å². The van der Waals surface area contributed by atoms with Gasteiger partial charge in [0.15, 0.2) is 5.41 Å².